The summed E-state index contributed by atoms with van der Waals surface area (Å²) in [5.41, 5.74) is 0.447. The number of amides is 2. The molecule has 2 aromatic rings. The number of aromatic nitrogens is 1. The fraction of sp³-hybridized carbons (Fsp3) is 0.522. The van der Waals surface area contributed by atoms with Crippen LogP contribution in [0.3, 0.4) is 0 Å². The van der Waals surface area contributed by atoms with E-state index in [4.69, 9.17) is 0 Å². The number of carbonyl (C=O) groups is 2. The highest BCUT2D eigenvalue weighted by atomic mass is 32.1. The number of nitrogens with zero attached hydrogens (tertiary/aromatic N) is 3. The fourth-order valence-corrected chi connectivity index (χ4v) is 5.51. The first-order valence-electron chi connectivity index (χ1n) is 11.5. The molecule has 10 heteroatoms. The lowest BCUT2D eigenvalue weighted by molar-refractivity contribution is -0.144. The minimum Gasteiger partial charge on any atom is -0.508 e. The predicted octanol–water partition coefficient (Wildman–Crippen LogP) is 3.60. The Hall–Kier alpha value is -2.30. The van der Waals surface area contributed by atoms with E-state index >= 15 is 0 Å². The zero-order chi connectivity index (χ0) is 23.2. The molecule has 4 rings (SSSR count). The molecule has 178 valence electrons. The number of thiazole rings is 1. The zero-order valence-corrected chi connectivity index (χ0v) is 20.2. The number of aromatic hydroxyl groups is 1. The van der Waals surface area contributed by atoms with Crippen LogP contribution in [-0.4, -0.2) is 62.9 Å². The molecule has 2 heterocycles. The van der Waals surface area contributed by atoms with Crippen LogP contribution in [0.15, 0.2) is 35.8 Å². The van der Waals surface area contributed by atoms with E-state index in [1.807, 2.05) is 10.3 Å². The highest BCUT2D eigenvalue weighted by Gasteiger charge is 2.37. The lowest BCUT2D eigenvalue weighted by atomic mass is 9.84. The van der Waals surface area contributed by atoms with Crippen LogP contribution in [-0.2, 0) is 9.59 Å². The van der Waals surface area contributed by atoms with E-state index in [2.05, 4.69) is 28.2 Å². The van der Waals surface area contributed by atoms with Crippen LogP contribution < -0.4 is 10.6 Å². The largest absolute Gasteiger partial charge is 0.508 e. The second-order valence-corrected chi connectivity index (χ2v) is 10.1. The van der Waals surface area contributed by atoms with Gasteiger partial charge in [0.2, 0.25) is 11.8 Å². The molecule has 8 nitrogen and oxygen atoms in total. The number of phenolic OH excluding ortho intramolecular Hbond substituents is 1. The van der Waals surface area contributed by atoms with E-state index in [1.54, 1.807) is 35.4 Å². The third kappa shape index (κ3) is 6.39. The first-order valence-corrected chi connectivity index (χ1v) is 12.9. The Morgan fingerprint density at radius 1 is 1.21 bits per heavy atom. The van der Waals surface area contributed by atoms with Crippen molar-refractivity contribution in [3.05, 3.63) is 35.8 Å². The van der Waals surface area contributed by atoms with E-state index < -0.39 is 6.04 Å². The highest BCUT2D eigenvalue weighted by Crippen LogP contribution is 2.30. The quantitative estimate of drug-likeness (QED) is 0.257. The smallest absolute Gasteiger partial charge is 0.248 e. The van der Waals surface area contributed by atoms with E-state index in [9.17, 15) is 14.7 Å². The van der Waals surface area contributed by atoms with Crippen molar-refractivity contribution in [2.75, 3.05) is 30.3 Å². The van der Waals surface area contributed by atoms with Gasteiger partial charge in [-0.25, -0.2) is 4.98 Å². The molecule has 0 spiro atoms. The topological polar surface area (TPSA) is 97.8 Å². The molecule has 2 atom stereocenters. The number of piperazine rings is 1. The van der Waals surface area contributed by atoms with Crippen LogP contribution in [0.2, 0.25) is 0 Å². The van der Waals surface area contributed by atoms with Gasteiger partial charge in [0.15, 0.2) is 5.13 Å². The number of hydrogen-bond donors (Lipinski definition) is 4. The molecule has 1 saturated heterocycles. The molecule has 0 radical (unpaired) electrons. The third-order valence-electron chi connectivity index (χ3n) is 6.42. The van der Waals surface area contributed by atoms with Crippen LogP contribution in [0.25, 0.3) is 0 Å². The molecule has 0 bridgehead atoms. The van der Waals surface area contributed by atoms with Crippen LogP contribution in [0, 0.1) is 5.92 Å². The number of rotatable bonds is 8. The SMILES string of the molecule is O=C(Nc1nccs1)[C@H](CC1CCCCC1)N1CCN(C(S)Nc2ccc(O)cc2)CC1=O. The predicted molar refractivity (Wildman–Crippen MR) is 134 cm³/mol. The average molecular weight is 490 g/mol. The van der Waals surface area contributed by atoms with Crippen molar-refractivity contribution in [2.24, 2.45) is 5.92 Å². The van der Waals surface area contributed by atoms with E-state index in [0.29, 0.717) is 30.6 Å². The van der Waals surface area contributed by atoms with Crippen LogP contribution >= 0.6 is 24.0 Å². The van der Waals surface area contributed by atoms with Gasteiger partial charge in [0, 0.05) is 30.4 Å². The standard InChI is InChI=1S/C23H31N5O3S2/c29-18-8-6-17(7-9-18)25-23(32)27-11-12-28(20(30)15-27)19(14-16-4-2-1-3-5-16)21(31)26-22-24-10-13-33-22/h6-10,13,16,19,23,25,29,32H,1-5,11-12,14-15H2,(H,24,26,31)/t19-,23?/m0/s1. The monoisotopic (exact) mass is 489 g/mol. The number of phenols is 1. The minimum atomic E-state index is -0.491. The third-order valence-corrected chi connectivity index (χ3v) is 7.56. The summed E-state index contributed by atoms with van der Waals surface area (Å²) in [4.78, 5) is 34.3. The number of nitrogens with one attached hydrogen (secondary N) is 2. The van der Waals surface area contributed by atoms with E-state index in [0.717, 1.165) is 18.5 Å². The van der Waals surface area contributed by atoms with Crippen molar-refractivity contribution in [3.8, 4) is 5.75 Å². The van der Waals surface area contributed by atoms with E-state index in [-0.39, 0.29) is 29.6 Å². The van der Waals surface area contributed by atoms with Crippen LogP contribution in [0.5, 0.6) is 5.75 Å². The molecule has 1 aromatic heterocycles. The maximum Gasteiger partial charge on any atom is 0.248 e. The Morgan fingerprint density at radius 3 is 2.64 bits per heavy atom. The van der Waals surface area contributed by atoms with Crippen molar-refractivity contribution in [1.82, 2.24) is 14.8 Å². The summed E-state index contributed by atoms with van der Waals surface area (Å²) in [6, 6.07) is 6.24. The Labute approximate surface area is 203 Å². The summed E-state index contributed by atoms with van der Waals surface area (Å²) >= 11 is 6.01. The van der Waals surface area contributed by atoms with Crippen molar-refractivity contribution in [2.45, 2.75) is 50.1 Å². The first kappa shape index (κ1) is 23.8. The summed E-state index contributed by atoms with van der Waals surface area (Å²) in [7, 11) is 0. The van der Waals surface area contributed by atoms with Gasteiger partial charge in [0.1, 0.15) is 17.3 Å². The molecule has 1 aliphatic carbocycles. The van der Waals surface area contributed by atoms with Crippen LogP contribution in [0.1, 0.15) is 38.5 Å². The fourth-order valence-electron chi connectivity index (χ4n) is 4.63. The number of anilines is 2. The molecule has 3 N–H and O–H groups in total. The number of hydrogen-bond acceptors (Lipinski definition) is 8. The Kier molecular flexibility index (Phi) is 8.11. The number of carbonyl (C=O) groups excluding carboxylic acids is 2. The van der Waals surface area contributed by atoms with Crippen molar-refractivity contribution in [3.63, 3.8) is 0 Å². The van der Waals surface area contributed by atoms with Gasteiger partial charge in [-0.05, 0) is 36.6 Å². The summed E-state index contributed by atoms with van der Waals surface area (Å²) in [5, 5.41) is 18.0. The molecular weight excluding hydrogens is 458 g/mol. The Morgan fingerprint density at radius 2 is 1.97 bits per heavy atom. The van der Waals surface area contributed by atoms with Gasteiger partial charge in [-0.1, -0.05) is 32.1 Å². The van der Waals surface area contributed by atoms with Crippen molar-refractivity contribution < 1.29 is 14.7 Å². The zero-order valence-electron chi connectivity index (χ0n) is 18.5. The van der Waals surface area contributed by atoms with E-state index in [1.165, 1.54) is 30.6 Å². The maximum absolute atomic E-state index is 13.2. The summed E-state index contributed by atoms with van der Waals surface area (Å²) in [5.74, 6) is 0.440. The summed E-state index contributed by atoms with van der Waals surface area (Å²) in [6.07, 6.45) is 8.22. The van der Waals surface area contributed by atoms with Gasteiger partial charge in [0.25, 0.3) is 0 Å². The molecule has 1 unspecified atom stereocenters. The number of thiol groups is 1. The average Bonchev–Trinajstić information content (AvgIpc) is 3.33. The lowest BCUT2D eigenvalue weighted by Gasteiger charge is -2.41. The molecular formula is C23H31N5O3S2. The van der Waals surface area contributed by atoms with Gasteiger partial charge in [-0.15, -0.1) is 24.0 Å². The first-order chi connectivity index (χ1) is 16.0. The van der Waals surface area contributed by atoms with Gasteiger partial charge in [-0.2, -0.15) is 0 Å². The molecule has 33 heavy (non-hydrogen) atoms. The van der Waals surface area contributed by atoms with Gasteiger partial charge in [-0.3, -0.25) is 14.5 Å². The molecule has 2 aliphatic rings. The molecule has 1 saturated carbocycles. The summed E-state index contributed by atoms with van der Waals surface area (Å²) in [6.45, 7) is 1.26. The Balaban J connectivity index is 1.40. The second-order valence-electron chi connectivity index (χ2n) is 8.70. The second kappa shape index (κ2) is 11.2. The molecule has 1 aromatic carbocycles. The van der Waals surface area contributed by atoms with Gasteiger partial charge >= 0.3 is 0 Å². The Bertz CT molecular complexity index is 919. The van der Waals surface area contributed by atoms with Crippen molar-refractivity contribution >= 4 is 46.6 Å². The molecule has 2 amide bonds. The maximum atomic E-state index is 13.2. The molecule has 1 aliphatic heterocycles. The molecule has 2 fully saturated rings. The lowest BCUT2D eigenvalue weighted by Crippen LogP contribution is -2.59. The number of benzene rings is 1. The van der Waals surface area contributed by atoms with Crippen LogP contribution in [0.4, 0.5) is 10.8 Å². The van der Waals surface area contributed by atoms with Gasteiger partial charge < -0.3 is 20.6 Å². The van der Waals surface area contributed by atoms with Gasteiger partial charge in [0.05, 0.1) is 6.54 Å². The minimum absolute atomic E-state index is 0.0668. The van der Waals surface area contributed by atoms with Crippen molar-refractivity contribution in [1.29, 1.82) is 0 Å². The summed E-state index contributed by atoms with van der Waals surface area (Å²) < 4.78 is 0. The highest BCUT2D eigenvalue weighted by molar-refractivity contribution is 7.81. The normalized spacial score (nSPS) is 19.8.